The van der Waals surface area contributed by atoms with Crippen LogP contribution in [0.15, 0.2) is 0 Å². The zero-order valence-electron chi connectivity index (χ0n) is 16.2. The van der Waals surface area contributed by atoms with Crippen LogP contribution in [0, 0.1) is 0 Å². The Morgan fingerprint density at radius 3 is 1.09 bits per heavy atom. The molecule has 0 unspecified atom stereocenters. The van der Waals surface area contributed by atoms with Gasteiger partial charge in [0.1, 0.15) is 0 Å². The van der Waals surface area contributed by atoms with Crippen molar-refractivity contribution in [2.75, 3.05) is 18.5 Å². The second kappa shape index (κ2) is 19.5. The molecule has 0 aliphatic heterocycles. The van der Waals surface area contributed by atoms with E-state index >= 15 is 0 Å². The summed E-state index contributed by atoms with van der Waals surface area (Å²) >= 11 is 0. The molecule has 0 spiro atoms. The molecule has 0 aromatic carbocycles. The predicted molar refractivity (Wildman–Crippen MR) is 108 cm³/mol. The summed E-state index contributed by atoms with van der Waals surface area (Å²) < 4.78 is 0. The second-order valence-corrected chi connectivity index (χ2v) is 9.77. The van der Waals surface area contributed by atoms with Crippen LogP contribution in [0.25, 0.3) is 0 Å². The molecule has 0 N–H and O–H groups in total. The average Bonchev–Trinajstić information content (AvgIpc) is 2.53. The van der Waals surface area contributed by atoms with Crippen LogP contribution >= 0.6 is 7.92 Å². The van der Waals surface area contributed by atoms with Crippen molar-refractivity contribution in [3.05, 3.63) is 0 Å². The van der Waals surface area contributed by atoms with Crippen molar-refractivity contribution in [1.82, 2.24) is 0 Å². The minimum Gasteiger partial charge on any atom is -0.107 e. The van der Waals surface area contributed by atoms with Gasteiger partial charge in [0.25, 0.3) is 0 Å². The van der Waals surface area contributed by atoms with Gasteiger partial charge in [0.05, 0.1) is 0 Å². The maximum atomic E-state index is 2.38. The van der Waals surface area contributed by atoms with E-state index in [2.05, 4.69) is 20.8 Å². The molecule has 0 saturated heterocycles. The van der Waals surface area contributed by atoms with E-state index in [0.717, 1.165) is 0 Å². The molecular formula is C21H45P. The zero-order chi connectivity index (χ0) is 16.3. The average molecular weight is 329 g/mol. The lowest BCUT2D eigenvalue weighted by Crippen LogP contribution is -1.96. The Morgan fingerprint density at radius 1 is 0.364 bits per heavy atom. The topological polar surface area (TPSA) is 0 Å². The third-order valence-corrected chi connectivity index (χ3v) is 7.67. The summed E-state index contributed by atoms with van der Waals surface area (Å²) in [4.78, 5) is 0. The van der Waals surface area contributed by atoms with E-state index in [-0.39, 0.29) is 0 Å². The van der Waals surface area contributed by atoms with Gasteiger partial charge in [0, 0.05) is 0 Å². The highest BCUT2D eigenvalue weighted by atomic mass is 31.1. The van der Waals surface area contributed by atoms with E-state index in [1.165, 1.54) is 96.3 Å². The van der Waals surface area contributed by atoms with Gasteiger partial charge in [-0.15, -0.1) is 7.92 Å². The van der Waals surface area contributed by atoms with Crippen molar-refractivity contribution < 1.29 is 0 Å². The third-order valence-electron chi connectivity index (χ3n) is 4.70. The maximum Gasteiger partial charge on any atom is -0.0326 e. The first-order valence-corrected chi connectivity index (χ1v) is 12.5. The summed E-state index contributed by atoms with van der Waals surface area (Å²) in [6, 6.07) is 0. The van der Waals surface area contributed by atoms with Gasteiger partial charge in [-0.25, -0.2) is 0 Å². The van der Waals surface area contributed by atoms with E-state index in [1.54, 1.807) is 18.5 Å². The van der Waals surface area contributed by atoms with Crippen LogP contribution in [0.1, 0.15) is 117 Å². The van der Waals surface area contributed by atoms with E-state index in [1.807, 2.05) is 0 Å². The van der Waals surface area contributed by atoms with Gasteiger partial charge in [-0.1, -0.05) is 104 Å². The Bertz CT molecular complexity index is 172. The summed E-state index contributed by atoms with van der Waals surface area (Å²) in [7, 11) is 0.384. The fraction of sp³-hybridized carbons (Fsp3) is 1.00. The van der Waals surface area contributed by atoms with Crippen LogP contribution in [0.2, 0.25) is 0 Å². The molecular weight excluding hydrogens is 283 g/mol. The van der Waals surface area contributed by atoms with Crippen LogP contribution in [-0.2, 0) is 0 Å². The van der Waals surface area contributed by atoms with E-state index in [4.69, 9.17) is 0 Å². The molecule has 0 heterocycles. The monoisotopic (exact) mass is 328 g/mol. The number of unbranched alkanes of at least 4 members (excludes halogenated alkanes) is 12. The first kappa shape index (κ1) is 22.4. The number of hydrogen-bond acceptors (Lipinski definition) is 0. The summed E-state index contributed by atoms with van der Waals surface area (Å²) in [6.45, 7) is 6.99. The van der Waals surface area contributed by atoms with E-state index < -0.39 is 0 Å². The molecule has 0 bridgehead atoms. The van der Waals surface area contributed by atoms with E-state index in [9.17, 15) is 0 Å². The normalized spacial score (nSPS) is 11.5. The third kappa shape index (κ3) is 16.8. The highest BCUT2D eigenvalue weighted by Crippen LogP contribution is 2.38. The highest BCUT2D eigenvalue weighted by Gasteiger charge is 2.06. The highest BCUT2D eigenvalue weighted by molar-refractivity contribution is 7.57. The molecule has 0 radical (unpaired) electrons. The van der Waals surface area contributed by atoms with Crippen molar-refractivity contribution in [2.45, 2.75) is 117 Å². The minimum absolute atomic E-state index is 0.384. The van der Waals surface area contributed by atoms with Crippen LogP contribution in [0.5, 0.6) is 0 Å². The van der Waals surface area contributed by atoms with Gasteiger partial charge in [0.15, 0.2) is 0 Å². The lowest BCUT2D eigenvalue weighted by atomic mass is 10.1. The molecule has 0 nitrogen and oxygen atoms in total. The van der Waals surface area contributed by atoms with E-state index in [0.29, 0.717) is 7.92 Å². The van der Waals surface area contributed by atoms with Gasteiger partial charge in [-0.2, -0.15) is 0 Å². The SMILES string of the molecule is CCCCCCCCCP(CCC)CCCCCCCCC. The predicted octanol–water partition coefficient (Wildman–Crippen LogP) is 8.38. The van der Waals surface area contributed by atoms with Crippen LogP contribution in [0.4, 0.5) is 0 Å². The Labute approximate surface area is 144 Å². The summed E-state index contributed by atoms with van der Waals surface area (Å²) in [5, 5.41) is 0. The fourth-order valence-corrected chi connectivity index (χ4v) is 5.88. The molecule has 0 atom stereocenters. The second-order valence-electron chi connectivity index (χ2n) is 7.08. The molecule has 134 valence electrons. The molecule has 0 saturated carbocycles. The Hall–Kier alpha value is 0.430. The van der Waals surface area contributed by atoms with Crippen molar-refractivity contribution in [2.24, 2.45) is 0 Å². The molecule has 0 rings (SSSR count). The summed E-state index contributed by atoms with van der Waals surface area (Å²) in [6.07, 6.45) is 26.7. The lowest BCUT2D eigenvalue weighted by molar-refractivity contribution is 0.600. The van der Waals surface area contributed by atoms with Gasteiger partial charge in [-0.3, -0.25) is 0 Å². The number of hydrogen-bond donors (Lipinski definition) is 0. The fourth-order valence-electron chi connectivity index (χ4n) is 3.24. The van der Waals surface area contributed by atoms with Crippen molar-refractivity contribution >= 4 is 7.92 Å². The molecule has 0 aromatic rings. The largest absolute Gasteiger partial charge is 0.107 e. The molecule has 0 fully saturated rings. The Balaban J connectivity index is 3.44. The quantitative estimate of drug-likeness (QED) is 0.175. The molecule has 0 aliphatic carbocycles. The molecule has 0 amide bonds. The first-order chi connectivity index (χ1) is 10.8. The molecule has 0 aromatic heterocycles. The van der Waals surface area contributed by atoms with Gasteiger partial charge < -0.3 is 0 Å². The summed E-state index contributed by atoms with van der Waals surface area (Å²) in [5.41, 5.74) is 0. The van der Waals surface area contributed by atoms with Crippen LogP contribution < -0.4 is 0 Å². The molecule has 1 heteroatoms. The van der Waals surface area contributed by atoms with Gasteiger partial charge >= 0.3 is 0 Å². The number of rotatable bonds is 18. The standard InChI is InChI=1S/C21H45P/c1-4-7-9-11-13-15-17-20-22(19-6-3)21-18-16-14-12-10-8-5-2/h4-21H2,1-3H3. The smallest absolute Gasteiger partial charge is 0.0326 e. The zero-order valence-corrected chi connectivity index (χ0v) is 17.1. The lowest BCUT2D eigenvalue weighted by Gasteiger charge is -2.17. The molecule has 0 aliphatic rings. The molecule has 22 heavy (non-hydrogen) atoms. The van der Waals surface area contributed by atoms with Crippen molar-refractivity contribution in [3.63, 3.8) is 0 Å². The Kier molecular flexibility index (Phi) is 19.9. The van der Waals surface area contributed by atoms with Crippen molar-refractivity contribution in [1.29, 1.82) is 0 Å². The van der Waals surface area contributed by atoms with Gasteiger partial charge in [0.2, 0.25) is 0 Å². The van der Waals surface area contributed by atoms with Crippen molar-refractivity contribution in [3.8, 4) is 0 Å². The maximum absolute atomic E-state index is 2.38. The Morgan fingerprint density at radius 2 is 0.727 bits per heavy atom. The van der Waals surface area contributed by atoms with Gasteiger partial charge in [-0.05, 0) is 31.3 Å². The first-order valence-electron chi connectivity index (χ1n) is 10.6. The minimum atomic E-state index is 0.384. The summed E-state index contributed by atoms with van der Waals surface area (Å²) in [5.74, 6) is 0. The van der Waals surface area contributed by atoms with Crippen LogP contribution in [0.3, 0.4) is 0 Å². The van der Waals surface area contributed by atoms with Crippen LogP contribution in [-0.4, -0.2) is 18.5 Å².